The molecule has 2 aromatic carbocycles. The highest BCUT2D eigenvalue weighted by atomic mass is 35.5. The van der Waals surface area contributed by atoms with Gasteiger partial charge in [0.2, 0.25) is 0 Å². The minimum atomic E-state index is -0.387. The van der Waals surface area contributed by atoms with Gasteiger partial charge < -0.3 is 10.2 Å². The Morgan fingerprint density at radius 1 is 0.938 bits per heavy atom. The lowest BCUT2D eigenvalue weighted by atomic mass is 10.1. The number of imide groups is 1. The minimum Gasteiger partial charge on any atom is -0.372 e. The molecule has 0 saturated carbocycles. The SMILES string of the molecule is Cc1ccc(N2C(=O)C(Nc3ccc(N4CCCC4)cc3)=C(c3cccs3)C2=O)cc1Cl. The molecule has 2 amide bonds. The molecule has 1 N–H and O–H groups in total. The van der Waals surface area contributed by atoms with Crippen LogP contribution < -0.4 is 15.1 Å². The number of anilines is 3. The molecule has 3 aromatic rings. The van der Waals surface area contributed by atoms with Gasteiger partial charge in [-0.25, -0.2) is 4.90 Å². The quantitative estimate of drug-likeness (QED) is 0.492. The van der Waals surface area contributed by atoms with Gasteiger partial charge in [-0.2, -0.15) is 0 Å². The lowest BCUT2D eigenvalue weighted by Crippen LogP contribution is -2.32. The summed E-state index contributed by atoms with van der Waals surface area (Å²) in [5.41, 5.74) is 3.95. The van der Waals surface area contributed by atoms with E-state index in [1.54, 1.807) is 12.1 Å². The van der Waals surface area contributed by atoms with E-state index in [0.29, 0.717) is 16.3 Å². The van der Waals surface area contributed by atoms with Crippen LogP contribution in [0.4, 0.5) is 17.1 Å². The molecule has 0 bridgehead atoms. The first-order chi connectivity index (χ1) is 15.5. The molecule has 7 heteroatoms. The molecule has 0 aliphatic carbocycles. The first-order valence-electron chi connectivity index (χ1n) is 10.6. The summed E-state index contributed by atoms with van der Waals surface area (Å²) in [6, 6.07) is 17.0. The monoisotopic (exact) mass is 463 g/mol. The first-order valence-corrected chi connectivity index (χ1v) is 11.8. The smallest absolute Gasteiger partial charge is 0.282 e. The van der Waals surface area contributed by atoms with Crippen LogP contribution in [0.25, 0.3) is 5.57 Å². The van der Waals surface area contributed by atoms with Crippen LogP contribution in [0, 0.1) is 6.92 Å². The van der Waals surface area contributed by atoms with Crippen LogP contribution in [-0.2, 0) is 9.59 Å². The average Bonchev–Trinajstić information content (AvgIpc) is 3.54. The molecule has 32 heavy (non-hydrogen) atoms. The van der Waals surface area contributed by atoms with Crippen molar-refractivity contribution >= 4 is 57.4 Å². The van der Waals surface area contributed by atoms with Crippen molar-refractivity contribution in [3.8, 4) is 0 Å². The van der Waals surface area contributed by atoms with Crippen LogP contribution in [0.2, 0.25) is 5.02 Å². The highest BCUT2D eigenvalue weighted by Crippen LogP contribution is 2.36. The predicted molar refractivity (Wildman–Crippen MR) is 131 cm³/mol. The fourth-order valence-corrected chi connectivity index (χ4v) is 5.07. The molecule has 5 rings (SSSR count). The molecule has 0 radical (unpaired) electrons. The Hall–Kier alpha value is -3.09. The Labute approximate surface area is 195 Å². The van der Waals surface area contributed by atoms with Gasteiger partial charge >= 0.3 is 0 Å². The largest absolute Gasteiger partial charge is 0.372 e. The number of hydrogen-bond donors (Lipinski definition) is 1. The van der Waals surface area contributed by atoms with Gasteiger partial charge in [-0.3, -0.25) is 9.59 Å². The average molecular weight is 464 g/mol. The summed E-state index contributed by atoms with van der Waals surface area (Å²) in [6.45, 7) is 4.02. The van der Waals surface area contributed by atoms with E-state index in [9.17, 15) is 9.59 Å². The standard InChI is InChI=1S/C25H22ClN3O2S/c1-16-6-9-19(15-20(16)26)29-24(30)22(21-5-4-14-32-21)23(25(29)31)27-17-7-10-18(11-8-17)28-12-2-3-13-28/h4-11,14-15,27H,2-3,12-13H2,1H3. The molecule has 0 spiro atoms. The fraction of sp³-hybridized carbons (Fsp3) is 0.200. The number of aryl methyl sites for hydroxylation is 1. The van der Waals surface area contributed by atoms with Crippen molar-refractivity contribution in [3.05, 3.63) is 81.1 Å². The number of thiophene rings is 1. The van der Waals surface area contributed by atoms with Gasteiger partial charge in [0.25, 0.3) is 11.8 Å². The maximum Gasteiger partial charge on any atom is 0.282 e. The van der Waals surface area contributed by atoms with Crippen LogP contribution >= 0.6 is 22.9 Å². The summed E-state index contributed by atoms with van der Waals surface area (Å²) in [6.07, 6.45) is 2.43. The molecule has 3 heterocycles. The van der Waals surface area contributed by atoms with Crippen LogP contribution in [0.3, 0.4) is 0 Å². The zero-order valence-electron chi connectivity index (χ0n) is 17.6. The molecule has 1 saturated heterocycles. The van der Waals surface area contributed by atoms with E-state index in [4.69, 9.17) is 11.6 Å². The zero-order chi connectivity index (χ0) is 22.2. The number of amides is 2. The summed E-state index contributed by atoms with van der Waals surface area (Å²) >= 11 is 7.71. The number of nitrogens with zero attached hydrogens (tertiary/aromatic N) is 2. The third-order valence-corrected chi connectivity index (χ3v) is 7.17. The number of hydrogen-bond acceptors (Lipinski definition) is 5. The number of nitrogens with one attached hydrogen (secondary N) is 1. The summed E-state index contributed by atoms with van der Waals surface area (Å²) < 4.78 is 0. The van der Waals surface area contributed by atoms with E-state index < -0.39 is 0 Å². The van der Waals surface area contributed by atoms with Crippen molar-refractivity contribution in [2.45, 2.75) is 19.8 Å². The van der Waals surface area contributed by atoms with Crippen LogP contribution in [0.5, 0.6) is 0 Å². The van der Waals surface area contributed by atoms with E-state index in [1.165, 1.54) is 34.8 Å². The van der Waals surface area contributed by atoms with Crippen LogP contribution in [0.15, 0.2) is 65.7 Å². The first kappa shape index (κ1) is 20.8. The molecule has 1 aromatic heterocycles. The number of benzene rings is 2. The number of carbonyl (C=O) groups excluding carboxylic acids is 2. The normalized spacial score (nSPS) is 16.4. The van der Waals surface area contributed by atoms with Crippen LogP contribution in [0.1, 0.15) is 23.3 Å². The molecule has 0 atom stereocenters. The van der Waals surface area contributed by atoms with Crippen molar-refractivity contribution in [2.24, 2.45) is 0 Å². The van der Waals surface area contributed by atoms with Crippen molar-refractivity contribution < 1.29 is 9.59 Å². The Kier molecular flexibility index (Phi) is 5.49. The second-order valence-electron chi connectivity index (χ2n) is 7.97. The second kappa shape index (κ2) is 8.45. The molecular weight excluding hydrogens is 442 g/mol. The number of rotatable bonds is 5. The zero-order valence-corrected chi connectivity index (χ0v) is 19.2. The maximum absolute atomic E-state index is 13.4. The molecule has 2 aliphatic heterocycles. The van der Waals surface area contributed by atoms with Crippen molar-refractivity contribution in [1.82, 2.24) is 0 Å². The highest BCUT2D eigenvalue weighted by molar-refractivity contribution is 7.11. The Morgan fingerprint density at radius 3 is 2.31 bits per heavy atom. The van der Waals surface area contributed by atoms with E-state index in [1.807, 2.05) is 42.6 Å². The Bertz CT molecular complexity index is 1210. The molecule has 162 valence electrons. The highest BCUT2D eigenvalue weighted by Gasteiger charge is 2.40. The summed E-state index contributed by atoms with van der Waals surface area (Å²) in [5, 5.41) is 5.64. The van der Waals surface area contributed by atoms with Crippen LogP contribution in [-0.4, -0.2) is 24.9 Å². The molecule has 5 nitrogen and oxygen atoms in total. The van der Waals surface area contributed by atoms with E-state index in [0.717, 1.165) is 29.2 Å². The van der Waals surface area contributed by atoms with Gasteiger partial charge in [-0.05, 0) is 73.2 Å². The molecule has 0 unspecified atom stereocenters. The van der Waals surface area contributed by atoms with E-state index in [-0.39, 0.29) is 17.5 Å². The Balaban J connectivity index is 1.49. The van der Waals surface area contributed by atoms with Gasteiger partial charge in [0.05, 0.1) is 11.3 Å². The van der Waals surface area contributed by atoms with Gasteiger partial charge in [0.1, 0.15) is 5.70 Å². The predicted octanol–water partition coefficient (Wildman–Crippen LogP) is 5.71. The minimum absolute atomic E-state index is 0.281. The van der Waals surface area contributed by atoms with E-state index >= 15 is 0 Å². The fourth-order valence-electron chi connectivity index (χ4n) is 4.13. The second-order valence-corrected chi connectivity index (χ2v) is 9.33. The van der Waals surface area contributed by atoms with Gasteiger partial charge in [-0.1, -0.05) is 23.7 Å². The maximum atomic E-state index is 13.4. The summed E-state index contributed by atoms with van der Waals surface area (Å²) in [4.78, 5) is 31.1. The number of halogens is 1. The van der Waals surface area contributed by atoms with Crippen molar-refractivity contribution in [1.29, 1.82) is 0 Å². The summed E-state index contributed by atoms with van der Waals surface area (Å²) in [5.74, 6) is -0.740. The topological polar surface area (TPSA) is 52.7 Å². The molecule has 2 aliphatic rings. The Morgan fingerprint density at radius 2 is 1.66 bits per heavy atom. The van der Waals surface area contributed by atoms with E-state index in [2.05, 4.69) is 22.3 Å². The third kappa shape index (κ3) is 3.70. The lowest BCUT2D eigenvalue weighted by Gasteiger charge is -2.18. The van der Waals surface area contributed by atoms with Crippen molar-refractivity contribution in [2.75, 3.05) is 28.2 Å². The molecular formula is C25H22ClN3O2S. The summed E-state index contributed by atoms with van der Waals surface area (Å²) in [7, 11) is 0. The number of carbonyl (C=O) groups is 2. The van der Waals surface area contributed by atoms with Crippen molar-refractivity contribution in [3.63, 3.8) is 0 Å². The van der Waals surface area contributed by atoms with Gasteiger partial charge in [0, 0.05) is 34.4 Å². The third-order valence-electron chi connectivity index (χ3n) is 5.87. The molecule has 1 fully saturated rings. The van der Waals surface area contributed by atoms with Gasteiger partial charge in [-0.15, -0.1) is 11.3 Å². The lowest BCUT2D eigenvalue weighted by molar-refractivity contribution is -0.120. The van der Waals surface area contributed by atoms with Gasteiger partial charge in [0.15, 0.2) is 0 Å².